The molecular formula is C13H15N3O5. The first-order valence-corrected chi connectivity index (χ1v) is 6.41. The summed E-state index contributed by atoms with van der Waals surface area (Å²) in [5.74, 6) is -1.70. The Balaban J connectivity index is 2.22. The molecule has 0 aliphatic heterocycles. The van der Waals surface area contributed by atoms with Crippen LogP contribution >= 0.6 is 0 Å². The van der Waals surface area contributed by atoms with Crippen LogP contribution in [0.3, 0.4) is 0 Å². The number of carbonyl (C=O) groups excluding carboxylic acids is 1. The molecule has 0 bridgehead atoms. The zero-order chi connectivity index (χ0) is 15.6. The maximum atomic E-state index is 11.2. The second-order valence-corrected chi connectivity index (χ2v) is 5.06. The van der Waals surface area contributed by atoms with E-state index >= 15 is 0 Å². The van der Waals surface area contributed by atoms with E-state index in [4.69, 9.17) is 5.73 Å². The Kier molecular flexibility index (Phi) is 3.90. The van der Waals surface area contributed by atoms with Crippen LogP contribution in [0.4, 0.5) is 5.69 Å². The summed E-state index contributed by atoms with van der Waals surface area (Å²) in [5, 5.41) is 23.1. The number of carbonyl (C=O) groups is 2. The highest BCUT2D eigenvalue weighted by atomic mass is 16.6. The fraction of sp³-hybridized carbons (Fsp3) is 0.385. The van der Waals surface area contributed by atoms with Crippen molar-refractivity contribution in [2.24, 2.45) is 5.73 Å². The van der Waals surface area contributed by atoms with E-state index in [0.717, 1.165) is 12.5 Å². The summed E-state index contributed by atoms with van der Waals surface area (Å²) in [6.45, 7) is 0.0433. The van der Waals surface area contributed by atoms with E-state index in [1.165, 1.54) is 12.1 Å². The lowest BCUT2D eigenvalue weighted by atomic mass is 9.76. The van der Waals surface area contributed by atoms with Crippen LogP contribution < -0.4 is 11.1 Å². The highest BCUT2D eigenvalue weighted by molar-refractivity contribution is 5.93. The van der Waals surface area contributed by atoms with Gasteiger partial charge in [-0.05, 0) is 25.3 Å². The van der Waals surface area contributed by atoms with Crippen molar-refractivity contribution in [3.63, 3.8) is 0 Å². The normalized spacial score (nSPS) is 16.0. The van der Waals surface area contributed by atoms with Crippen LogP contribution in [0.25, 0.3) is 0 Å². The van der Waals surface area contributed by atoms with Crippen LogP contribution in [-0.2, 0) is 11.3 Å². The predicted molar refractivity (Wildman–Crippen MR) is 72.7 cm³/mol. The van der Waals surface area contributed by atoms with Gasteiger partial charge in [0.25, 0.3) is 5.69 Å². The number of carboxylic acid groups (broad SMARTS) is 1. The summed E-state index contributed by atoms with van der Waals surface area (Å²) in [7, 11) is 0. The molecule has 1 aliphatic carbocycles. The molecule has 0 radical (unpaired) electrons. The van der Waals surface area contributed by atoms with Gasteiger partial charge in [0.05, 0.1) is 4.92 Å². The van der Waals surface area contributed by atoms with Crippen molar-refractivity contribution in [1.82, 2.24) is 5.32 Å². The van der Waals surface area contributed by atoms with Gasteiger partial charge in [0.15, 0.2) is 0 Å². The Labute approximate surface area is 120 Å². The Morgan fingerprint density at radius 3 is 2.52 bits per heavy atom. The molecule has 4 N–H and O–H groups in total. The minimum absolute atomic E-state index is 0.0433. The zero-order valence-corrected chi connectivity index (χ0v) is 11.2. The number of primary amides is 1. The monoisotopic (exact) mass is 293 g/mol. The number of nitrogens with two attached hydrogens (primary N) is 1. The molecule has 8 nitrogen and oxygen atoms in total. The van der Waals surface area contributed by atoms with Crippen LogP contribution in [0.2, 0.25) is 0 Å². The van der Waals surface area contributed by atoms with Crippen molar-refractivity contribution < 1.29 is 19.6 Å². The molecule has 1 fully saturated rings. The molecule has 0 atom stereocenters. The van der Waals surface area contributed by atoms with E-state index in [1.807, 2.05) is 0 Å². The Morgan fingerprint density at radius 1 is 1.43 bits per heavy atom. The van der Waals surface area contributed by atoms with Crippen LogP contribution in [0, 0.1) is 10.1 Å². The molecule has 1 aliphatic rings. The fourth-order valence-corrected chi connectivity index (χ4v) is 2.30. The summed E-state index contributed by atoms with van der Waals surface area (Å²) >= 11 is 0. The highest BCUT2D eigenvalue weighted by Crippen LogP contribution is 2.33. The number of nitrogens with zero attached hydrogens (tertiary/aromatic N) is 1. The predicted octanol–water partition coefficient (Wildman–Crippen LogP) is 0.791. The van der Waals surface area contributed by atoms with Crippen molar-refractivity contribution >= 4 is 17.6 Å². The smallest absolute Gasteiger partial charge is 0.323 e. The molecule has 1 saturated carbocycles. The minimum atomic E-state index is -1.00. The van der Waals surface area contributed by atoms with E-state index in [2.05, 4.69) is 5.32 Å². The lowest BCUT2D eigenvalue weighted by Gasteiger charge is -2.38. The van der Waals surface area contributed by atoms with Gasteiger partial charge < -0.3 is 10.8 Å². The molecule has 8 heteroatoms. The topological polar surface area (TPSA) is 136 Å². The Hall–Kier alpha value is -2.48. The van der Waals surface area contributed by atoms with Crippen molar-refractivity contribution in [2.75, 3.05) is 0 Å². The first kappa shape index (κ1) is 14.9. The number of carboxylic acids is 1. The molecule has 0 unspecified atom stereocenters. The number of nitro groups is 1. The van der Waals surface area contributed by atoms with Gasteiger partial charge in [-0.1, -0.05) is 6.07 Å². The van der Waals surface area contributed by atoms with Gasteiger partial charge in [0.1, 0.15) is 5.54 Å². The van der Waals surface area contributed by atoms with E-state index in [1.54, 1.807) is 0 Å². The number of rotatable bonds is 6. The molecule has 0 aromatic heterocycles. The minimum Gasteiger partial charge on any atom is -0.480 e. The lowest BCUT2D eigenvalue weighted by molar-refractivity contribution is -0.385. The fourth-order valence-electron chi connectivity index (χ4n) is 2.30. The number of benzene rings is 1. The second-order valence-electron chi connectivity index (χ2n) is 5.06. The molecular weight excluding hydrogens is 278 g/mol. The van der Waals surface area contributed by atoms with Crippen LogP contribution in [0.5, 0.6) is 0 Å². The van der Waals surface area contributed by atoms with Gasteiger partial charge >= 0.3 is 5.97 Å². The van der Waals surface area contributed by atoms with Crippen LogP contribution in [0.15, 0.2) is 18.2 Å². The highest BCUT2D eigenvalue weighted by Gasteiger charge is 2.44. The number of hydrogen-bond donors (Lipinski definition) is 3. The largest absolute Gasteiger partial charge is 0.480 e. The molecule has 112 valence electrons. The van der Waals surface area contributed by atoms with Gasteiger partial charge in [-0.3, -0.25) is 25.0 Å². The molecule has 1 aromatic rings. The first-order chi connectivity index (χ1) is 9.85. The van der Waals surface area contributed by atoms with Gasteiger partial charge in [0, 0.05) is 23.7 Å². The second kappa shape index (κ2) is 5.49. The van der Waals surface area contributed by atoms with Crippen molar-refractivity contribution in [3.05, 3.63) is 39.4 Å². The Morgan fingerprint density at radius 2 is 2.10 bits per heavy atom. The van der Waals surface area contributed by atoms with Crippen molar-refractivity contribution in [1.29, 1.82) is 0 Å². The first-order valence-electron chi connectivity index (χ1n) is 6.41. The van der Waals surface area contributed by atoms with E-state index in [9.17, 15) is 24.8 Å². The van der Waals surface area contributed by atoms with Crippen molar-refractivity contribution in [2.45, 2.75) is 31.3 Å². The number of aliphatic carboxylic acids is 1. The van der Waals surface area contributed by atoms with Crippen LogP contribution in [-0.4, -0.2) is 27.4 Å². The molecule has 0 heterocycles. The number of amides is 1. The summed E-state index contributed by atoms with van der Waals surface area (Å²) in [4.78, 5) is 32.7. The molecule has 0 spiro atoms. The average Bonchev–Trinajstić information content (AvgIpc) is 2.36. The molecule has 1 aromatic carbocycles. The summed E-state index contributed by atoms with van der Waals surface area (Å²) < 4.78 is 0. The average molecular weight is 293 g/mol. The third kappa shape index (κ3) is 2.84. The number of nitrogens with one attached hydrogen (secondary N) is 1. The molecule has 0 saturated heterocycles. The maximum Gasteiger partial charge on any atom is 0.323 e. The number of nitro benzene ring substituents is 1. The van der Waals surface area contributed by atoms with E-state index in [-0.39, 0.29) is 17.8 Å². The quantitative estimate of drug-likeness (QED) is 0.524. The van der Waals surface area contributed by atoms with Gasteiger partial charge in [-0.15, -0.1) is 0 Å². The SMILES string of the molecule is NC(=O)c1ccc(CNC2(C(=O)O)CCC2)c([N+](=O)[O-])c1. The zero-order valence-electron chi connectivity index (χ0n) is 11.2. The summed E-state index contributed by atoms with van der Waals surface area (Å²) in [6, 6.07) is 3.91. The van der Waals surface area contributed by atoms with Gasteiger partial charge in [-0.25, -0.2) is 0 Å². The third-order valence-corrected chi connectivity index (χ3v) is 3.80. The van der Waals surface area contributed by atoms with E-state index < -0.39 is 22.3 Å². The Bertz CT molecular complexity index is 610. The van der Waals surface area contributed by atoms with E-state index in [0.29, 0.717) is 18.4 Å². The van der Waals surface area contributed by atoms with Gasteiger partial charge in [0.2, 0.25) is 5.91 Å². The van der Waals surface area contributed by atoms with Gasteiger partial charge in [-0.2, -0.15) is 0 Å². The van der Waals surface area contributed by atoms with Crippen LogP contribution in [0.1, 0.15) is 35.2 Å². The summed E-state index contributed by atoms with van der Waals surface area (Å²) in [6.07, 6.45) is 1.80. The molecule has 21 heavy (non-hydrogen) atoms. The van der Waals surface area contributed by atoms with Crippen molar-refractivity contribution in [3.8, 4) is 0 Å². The number of hydrogen-bond acceptors (Lipinski definition) is 5. The summed E-state index contributed by atoms with van der Waals surface area (Å²) in [5.41, 5.74) is 4.20. The molecule has 1 amide bonds. The standard InChI is InChI=1S/C13H15N3O5/c14-11(17)8-2-3-9(10(6-8)16(20)21)7-15-13(12(18)19)4-1-5-13/h2-3,6,15H,1,4-5,7H2,(H2,14,17)(H,18,19). The molecule has 2 rings (SSSR count). The maximum absolute atomic E-state index is 11.2. The lowest BCUT2D eigenvalue weighted by Crippen LogP contribution is -2.56. The third-order valence-electron chi connectivity index (χ3n) is 3.80.